The molecule has 5 aliphatic rings. The normalized spacial score (nSPS) is 53.0. The summed E-state index contributed by atoms with van der Waals surface area (Å²) in [5.74, 6) is 0.877. The van der Waals surface area contributed by atoms with E-state index in [4.69, 9.17) is 9.47 Å². The number of rotatable bonds is 1. The van der Waals surface area contributed by atoms with E-state index in [-0.39, 0.29) is 35.3 Å². The molecule has 8 atom stereocenters. The van der Waals surface area contributed by atoms with Gasteiger partial charge in [-0.3, -0.25) is 14.4 Å². The maximum absolute atomic E-state index is 12.7. The lowest BCUT2D eigenvalue weighted by Crippen LogP contribution is -2.62. The Hall–Kier alpha value is -1.39. The quantitative estimate of drug-likeness (QED) is 0.683. The van der Waals surface area contributed by atoms with Gasteiger partial charge in [0.1, 0.15) is 18.0 Å². The van der Waals surface area contributed by atoms with Crippen molar-refractivity contribution in [2.45, 2.75) is 71.0 Å². The molecule has 1 spiro atoms. The second-order valence-corrected chi connectivity index (χ2v) is 9.36. The van der Waals surface area contributed by atoms with E-state index in [1.165, 1.54) is 6.92 Å². The van der Waals surface area contributed by atoms with Crippen LogP contribution in [0.5, 0.6) is 0 Å². The van der Waals surface area contributed by atoms with Gasteiger partial charge in [-0.15, -0.1) is 0 Å². The Bertz CT molecular complexity index is 671. The highest BCUT2D eigenvalue weighted by Gasteiger charge is 2.73. The summed E-state index contributed by atoms with van der Waals surface area (Å²) < 4.78 is 11.7. The van der Waals surface area contributed by atoms with Gasteiger partial charge in [0.05, 0.1) is 5.41 Å². The summed E-state index contributed by atoms with van der Waals surface area (Å²) in [6, 6.07) is 0. The zero-order chi connectivity index (χ0) is 17.6. The van der Waals surface area contributed by atoms with E-state index in [0.717, 1.165) is 38.5 Å². The SMILES string of the molecule is CC(=O)OC1C2OC(=O)C3(C)CCCC(C23)C2CCC3CC21CC3=O. The van der Waals surface area contributed by atoms with Gasteiger partial charge in [-0.1, -0.05) is 6.42 Å². The first-order valence-corrected chi connectivity index (χ1v) is 9.78. The number of ether oxygens (including phenoxy) is 2. The maximum atomic E-state index is 12.7. The molecule has 0 N–H and O–H groups in total. The topological polar surface area (TPSA) is 69.7 Å². The van der Waals surface area contributed by atoms with Crippen molar-refractivity contribution < 1.29 is 23.9 Å². The molecule has 4 aliphatic carbocycles. The number of fused-ring (bicyclic) bond motifs is 2. The van der Waals surface area contributed by atoms with Crippen LogP contribution in [0.25, 0.3) is 0 Å². The molecule has 1 heterocycles. The smallest absolute Gasteiger partial charge is 0.312 e. The predicted octanol–water partition coefficient (Wildman–Crippen LogP) is 2.66. The molecule has 0 radical (unpaired) electrons. The largest absolute Gasteiger partial charge is 0.458 e. The van der Waals surface area contributed by atoms with E-state index < -0.39 is 11.5 Å². The van der Waals surface area contributed by atoms with Crippen LogP contribution in [0, 0.1) is 34.5 Å². The van der Waals surface area contributed by atoms with Crippen LogP contribution in [-0.4, -0.2) is 29.9 Å². The van der Waals surface area contributed by atoms with Crippen molar-refractivity contribution in [1.29, 1.82) is 0 Å². The lowest BCUT2D eigenvalue weighted by atomic mass is 9.46. The van der Waals surface area contributed by atoms with Crippen molar-refractivity contribution in [3.8, 4) is 0 Å². The van der Waals surface area contributed by atoms with Gasteiger partial charge in [0.15, 0.2) is 0 Å². The van der Waals surface area contributed by atoms with Gasteiger partial charge in [-0.05, 0) is 50.9 Å². The highest BCUT2D eigenvalue weighted by Crippen LogP contribution is 2.69. The number of carbonyl (C=O) groups excluding carboxylic acids is 3. The van der Waals surface area contributed by atoms with Crippen LogP contribution in [0.1, 0.15) is 58.8 Å². The summed E-state index contributed by atoms with van der Waals surface area (Å²) in [6.07, 6.45) is 5.47. The lowest BCUT2D eigenvalue weighted by molar-refractivity contribution is -0.208. The monoisotopic (exact) mass is 346 g/mol. The fourth-order valence-corrected chi connectivity index (χ4v) is 7.49. The zero-order valence-electron chi connectivity index (χ0n) is 15.0. The molecule has 136 valence electrons. The van der Waals surface area contributed by atoms with Crippen molar-refractivity contribution in [3.63, 3.8) is 0 Å². The third kappa shape index (κ3) is 1.82. The summed E-state index contributed by atoms with van der Waals surface area (Å²) >= 11 is 0. The third-order valence-corrected chi connectivity index (χ3v) is 8.32. The van der Waals surface area contributed by atoms with Crippen molar-refractivity contribution in [2.24, 2.45) is 34.5 Å². The molecule has 0 aromatic carbocycles. The second kappa shape index (κ2) is 4.86. The van der Waals surface area contributed by atoms with Gasteiger partial charge in [0, 0.05) is 30.6 Å². The third-order valence-electron chi connectivity index (χ3n) is 8.32. The standard InChI is InChI=1S/C20H26O5/c1-10(21)24-17-16-15-12(4-3-7-19(15,2)18(23)25-16)13-6-5-11-8-20(13,17)9-14(11)22/h11-13,15-17H,3-9H2,1-2H3. The van der Waals surface area contributed by atoms with Crippen molar-refractivity contribution >= 4 is 17.7 Å². The number of esters is 2. The van der Waals surface area contributed by atoms with E-state index in [1.807, 2.05) is 6.92 Å². The Morgan fingerprint density at radius 2 is 2.04 bits per heavy atom. The summed E-state index contributed by atoms with van der Waals surface area (Å²) in [5, 5.41) is 0. The maximum Gasteiger partial charge on any atom is 0.312 e. The Labute approximate surface area is 147 Å². The van der Waals surface area contributed by atoms with E-state index in [0.29, 0.717) is 24.0 Å². The second-order valence-electron chi connectivity index (χ2n) is 9.36. The molecule has 1 aliphatic heterocycles. The van der Waals surface area contributed by atoms with Crippen LogP contribution in [0.3, 0.4) is 0 Å². The minimum absolute atomic E-state index is 0.109. The fourth-order valence-electron chi connectivity index (χ4n) is 7.49. The number of carbonyl (C=O) groups is 3. The van der Waals surface area contributed by atoms with E-state index in [9.17, 15) is 14.4 Å². The van der Waals surface area contributed by atoms with Crippen LogP contribution >= 0.6 is 0 Å². The number of ketones is 1. The first-order valence-electron chi connectivity index (χ1n) is 9.78. The van der Waals surface area contributed by atoms with Crippen LogP contribution in [0.2, 0.25) is 0 Å². The van der Waals surface area contributed by atoms with Crippen LogP contribution in [0.4, 0.5) is 0 Å². The van der Waals surface area contributed by atoms with E-state index in [2.05, 4.69) is 0 Å². The van der Waals surface area contributed by atoms with Crippen molar-refractivity contribution in [3.05, 3.63) is 0 Å². The Morgan fingerprint density at radius 1 is 1.24 bits per heavy atom. The molecule has 25 heavy (non-hydrogen) atoms. The van der Waals surface area contributed by atoms with Crippen molar-refractivity contribution in [2.75, 3.05) is 0 Å². The Balaban J connectivity index is 1.65. The number of Topliss-reactive ketones (excluding diaryl/α,β-unsaturated/α-hetero) is 1. The first-order chi connectivity index (χ1) is 11.9. The minimum atomic E-state index is -0.451. The number of hydrogen-bond acceptors (Lipinski definition) is 5. The van der Waals surface area contributed by atoms with Gasteiger partial charge >= 0.3 is 11.9 Å². The molecule has 2 bridgehead atoms. The fraction of sp³-hybridized carbons (Fsp3) is 0.850. The minimum Gasteiger partial charge on any atom is -0.458 e. The Morgan fingerprint density at radius 3 is 2.80 bits per heavy atom. The molecule has 0 aromatic rings. The van der Waals surface area contributed by atoms with Crippen LogP contribution in [0.15, 0.2) is 0 Å². The molecule has 5 fully saturated rings. The van der Waals surface area contributed by atoms with E-state index >= 15 is 0 Å². The molecule has 0 aromatic heterocycles. The molecule has 5 heteroatoms. The average Bonchev–Trinajstić information content (AvgIpc) is 2.96. The highest BCUT2D eigenvalue weighted by molar-refractivity contribution is 5.85. The van der Waals surface area contributed by atoms with Gasteiger partial charge < -0.3 is 9.47 Å². The van der Waals surface area contributed by atoms with Crippen LogP contribution < -0.4 is 0 Å². The van der Waals surface area contributed by atoms with Crippen molar-refractivity contribution in [1.82, 2.24) is 0 Å². The number of hydrogen-bond donors (Lipinski definition) is 0. The molecule has 4 saturated carbocycles. The van der Waals surface area contributed by atoms with Gasteiger partial charge in [-0.2, -0.15) is 0 Å². The summed E-state index contributed by atoms with van der Waals surface area (Å²) in [7, 11) is 0. The lowest BCUT2D eigenvalue weighted by Gasteiger charge is -2.58. The average molecular weight is 346 g/mol. The van der Waals surface area contributed by atoms with Gasteiger partial charge in [0.25, 0.3) is 0 Å². The molecule has 5 rings (SSSR count). The molecule has 0 amide bonds. The summed E-state index contributed by atoms with van der Waals surface area (Å²) in [6.45, 7) is 3.46. The van der Waals surface area contributed by atoms with E-state index in [1.54, 1.807) is 0 Å². The highest BCUT2D eigenvalue weighted by atomic mass is 16.6. The molecule has 5 nitrogen and oxygen atoms in total. The summed E-state index contributed by atoms with van der Waals surface area (Å²) in [5.41, 5.74) is -0.757. The molecule has 8 unspecified atom stereocenters. The molecule has 1 saturated heterocycles. The predicted molar refractivity (Wildman–Crippen MR) is 87.3 cm³/mol. The van der Waals surface area contributed by atoms with Crippen LogP contribution in [-0.2, 0) is 23.9 Å². The Kier molecular flexibility index (Phi) is 3.08. The van der Waals surface area contributed by atoms with Gasteiger partial charge in [-0.25, -0.2) is 0 Å². The summed E-state index contributed by atoms with van der Waals surface area (Å²) in [4.78, 5) is 37.2. The molecular weight excluding hydrogens is 320 g/mol. The zero-order valence-corrected chi connectivity index (χ0v) is 15.0. The molecular formula is C20H26O5. The first kappa shape index (κ1) is 15.8. The van der Waals surface area contributed by atoms with Gasteiger partial charge in [0.2, 0.25) is 0 Å².